The summed E-state index contributed by atoms with van der Waals surface area (Å²) in [5, 5.41) is 12.9. The maximum Gasteiger partial charge on any atom is 0.164 e. The van der Waals surface area contributed by atoms with Crippen molar-refractivity contribution in [3.63, 3.8) is 0 Å². The standard InChI is InChI=1S/C33H18N10/c34-15-16-13-14-23-24(25(16)35)33-42-31-22-12-6-5-11-21(22)29(40-31)38-27-18-8-2-1-7-17(18)26(36-27)37-28-19-9-3-4-10-20(19)30(39-28)41-32(23)43-33/h1-14H,35H2,(H2,36,37,38,39,40,41,42,43). The molecule has 0 saturated carbocycles. The number of fused-ring (bicyclic) bond motifs is 20. The first-order valence-corrected chi connectivity index (χ1v) is 13.6. The smallest absolute Gasteiger partial charge is 0.164 e. The predicted octanol–water partition coefficient (Wildman–Crippen LogP) is 6.32. The fraction of sp³-hybridized carbons (Fsp3) is 0. The maximum absolute atomic E-state index is 9.73. The number of anilines is 1. The first-order valence-electron chi connectivity index (χ1n) is 13.6. The van der Waals surface area contributed by atoms with E-state index < -0.39 is 0 Å². The Bertz CT molecular complexity index is 2550. The van der Waals surface area contributed by atoms with Crippen LogP contribution in [0.5, 0.6) is 0 Å². The molecule has 0 radical (unpaired) electrons. The van der Waals surface area contributed by atoms with Crippen LogP contribution in [0.1, 0.15) is 5.56 Å². The Morgan fingerprint density at radius 1 is 0.488 bits per heavy atom. The van der Waals surface area contributed by atoms with Gasteiger partial charge in [0.1, 0.15) is 28.7 Å². The van der Waals surface area contributed by atoms with Crippen molar-refractivity contribution in [2.45, 2.75) is 0 Å². The second-order valence-electron chi connectivity index (χ2n) is 10.3. The van der Waals surface area contributed by atoms with E-state index in [4.69, 9.17) is 35.6 Å². The van der Waals surface area contributed by atoms with Gasteiger partial charge in [-0.3, -0.25) is 0 Å². The van der Waals surface area contributed by atoms with Crippen LogP contribution < -0.4 is 5.73 Å². The zero-order valence-corrected chi connectivity index (χ0v) is 22.3. The van der Waals surface area contributed by atoms with E-state index in [1.165, 1.54) is 0 Å². The Kier molecular flexibility index (Phi) is 4.61. The van der Waals surface area contributed by atoms with Crippen LogP contribution in [-0.2, 0) is 0 Å². The molecule has 5 heterocycles. The summed E-state index contributed by atoms with van der Waals surface area (Å²) in [5.74, 6) is 2.02. The molecule has 0 saturated heterocycles. The van der Waals surface area contributed by atoms with Gasteiger partial charge >= 0.3 is 0 Å². The SMILES string of the molecule is N#Cc1ccc2c3nc4nc(nc5[nH]c(nc6nc(nc([nH]3)c2c1N)-c1ccccc1-6)c1ccccc51)-c1ccccc1-4. The van der Waals surface area contributed by atoms with Crippen LogP contribution in [-0.4, -0.2) is 39.9 Å². The van der Waals surface area contributed by atoms with Gasteiger partial charge in [0.15, 0.2) is 23.3 Å². The van der Waals surface area contributed by atoms with Gasteiger partial charge in [0, 0.05) is 38.4 Å². The molecule has 10 heteroatoms. The minimum Gasteiger partial charge on any atom is -0.397 e. The molecular weight excluding hydrogens is 536 g/mol. The van der Waals surface area contributed by atoms with Crippen molar-refractivity contribution in [2.24, 2.45) is 0 Å². The van der Waals surface area contributed by atoms with Gasteiger partial charge in [-0.15, -0.1) is 0 Å². The second-order valence-corrected chi connectivity index (χ2v) is 10.3. The molecule has 3 aromatic heterocycles. The molecule has 10 nitrogen and oxygen atoms in total. The Labute approximate surface area is 242 Å². The number of nitriles is 1. The number of hydrogen-bond acceptors (Lipinski definition) is 8. The largest absolute Gasteiger partial charge is 0.397 e. The van der Waals surface area contributed by atoms with E-state index >= 15 is 0 Å². The number of nitrogens with two attached hydrogens (primary N) is 1. The summed E-state index contributed by atoms with van der Waals surface area (Å²) in [7, 11) is 0. The van der Waals surface area contributed by atoms with Crippen molar-refractivity contribution in [1.82, 2.24) is 39.9 Å². The summed E-state index contributed by atoms with van der Waals surface area (Å²) in [6.07, 6.45) is 0. The van der Waals surface area contributed by atoms with Gasteiger partial charge in [0.25, 0.3) is 0 Å². The average Bonchev–Trinajstić information content (AvgIpc) is 3.77. The van der Waals surface area contributed by atoms with Crippen molar-refractivity contribution in [1.29, 1.82) is 5.26 Å². The number of H-pyrrole nitrogens is 2. The molecule has 7 aromatic rings. The number of nitrogen functional groups attached to an aromatic ring is 1. The van der Waals surface area contributed by atoms with Gasteiger partial charge in [0.05, 0.1) is 16.6 Å². The third-order valence-electron chi connectivity index (χ3n) is 7.88. The number of aromatic nitrogens is 8. The summed E-state index contributed by atoms with van der Waals surface area (Å²) in [4.78, 5) is 36.4. The summed E-state index contributed by atoms with van der Waals surface area (Å²) in [6.45, 7) is 0. The Hall–Kier alpha value is -6.47. The zero-order valence-electron chi connectivity index (χ0n) is 22.3. The van der Waals surface area contributed by atoms with E-state index in [0.717, 1.165) is 33.0 Å². The highest BCUT2D eigenvalue weighted by molar-refractivity contribution is 6.12. The molecule has 8 bridgehead atoms. The number of nitrogens with one attached hydrogen (secondary N) is 2. The molecular formula is C33H18N10. The number of hydrogen-bond donors (Lipinski definition) is 3. The lowest BCUT2D eigenvalue weighted by Gasteiger charge is -1.99. The van der Waals surface area contributed by atoms with Crippen LogP contribution in [0.15, 0.2) is 84.9 Å². The third-order valence-corrected chi connectivity index (χ3v) is 7.88. The lowest BCUT2D eigenvalue weighted by Crippen LogP contribution is -1.91. The van der Waals surface area contributed by atoms with E-state index in [1.54, 1.807) is 6.07 Å². The van der Waals surface area contributed by atoms with Gasteiger partial charge in [-0.25, -0.2) is 29.9 Å². The predicted molar refractivity (Wildman–Crippen MR) is 165 cm³/mol. The summed E-state index contributed by atoms with van der Waals surface area (Å²) >= 11 is 0. The molecule has 2 aliphatic rings. The lowest BCUT2D eigenvalue weighted by atomic mass is 10.1. The van der Waals surface area contributed by atoms with Crippen LogP contribution in [0.2, 0.25) is 0 Å². The number of aromatic amines is 2. The molecule has 2 aliphatic heterocycles. The van der Waals surface area contributed by atoms with E-state index in [0.29, 0.717) is 67.9 Å². The van der Waals surface area contributed by atoms with Crippen LogP contribution in [0.4, 0.5) is 5.69 Å². The van der Waals surface area contributed by atoms with Gasteiger partial charge in [-0.2, -0.15) is 5.26 Å². The zero-order chi connectivity index (χ0) is 28.7. The van der Waals surface area contributed by atoms with Gasteiger partial charge in [-0.05, 0) is 12.1 Å². The molecule has 4 aromatic carbocycles. The van der Waals surface area contributed by atoms with Gasteiger partial charge < -0.3 is 15.7 Å². The second kappa shape index (κ2) is 8.52. The van der Waals surface area contributed by atoms with Crippen molar-refractivity contribution in [3.05, 3.63) is 90.5 Å². The molecule has 0 amide bonds. The van der Waals surface area contributed by atoms with E-state index in [2.05, 4.69) is 16.0 Å². The molecule has 9 rings (SSSR count). The molecule has 200 valence electrons. The van der Waals surface area contributed by atoms with Crippen molar-refractivity contribution >= 4 is 49.8 Å². The molecule has 0 aliphatic carbocycles. The van der Waals surface area contributed by atoms with Crippen molar-refractivity contribution < 1.29 is 0 Å². The van der Waals surface area contributed by atoms with Gasteiger partial charge in [0.2, 0.25) is 0 Å². The van der Waals surface area contributed by atoms with E-state index in [9.17, 15) is 5.26 Å². The number of benzene rings is 4. The summed E-state index contributed by atoms with van der Waals surface area (Å²) < 4.78 is 0. The normalized spacial score (nSPS) is 11.8. The van der Waals surface area contributed by atoms with Crippen LogP contribution in [0.3, 0.4) is 0 Å². The minimum absolute atomic E-state index is 0.316. The average molecular weight is 555 g/mol. The first-order chi connectivity index (χ1) is 21.2. The highest BCUT2D eigenvalue weighted by Gasteiger charge is 2.22. The highest BCUT2D eigenvalue weighted by Crippen LogP contribution is 2.37. The van der Waals surface area contributed by atoms with Crippen LogP contribution in [0, 0.1) is 11.3 Å². The topological polar surface area (TPSA) is 159 Å². The van der Waals surface area contributed by atoms with Crippen LogP contribution >= 0.6 is 0 Å². The molecule has 0 unspecified atom stereocenters. The van der Waals surface area contributed by atoms with E-state index in [-0.39, 0.29) is 0 Å². The minimum atomic E-state index is 0.316. The molecule has 43 heavy (non-hydrogen) atoms. The van der Waals surface area contributed by atoms with E-state index in [1.807, 2.05) is 78.9 Å². The fourth-order valence-corrected chi connectivity index (χ4v) is 5.86. The molecule has 0 atom stereocenters. The number of rotatable bonds is 0. The first kappa shape index (κ1) is 23.3. The Balaban J connectivity index is 1.52. The monoisotopic (exact) mass is 554 g/mol. The number of nitrogens with zero attached hydrogens (tertiary/aromatic N) is 7. The summed E-state index contributed by atoms with van der Waals surface area (Å²) in [5.41, 5.74) is 12.8. The summed E-state index contributed by atoms with van der Waals surface area (Å²) in [6, 6.07) is 29.3. The molecule has 0 fully saturated rings. The fourth-order valence-electron chi connectivity index (χ4n) is 5.86. The van der Waals surface area contributed by atoms with Crippen LogP contribution in [0.25, 0.3) is 89.7 Å². The van der Waals surface area contributed by atoms with Gasteiger partial charge in [-0.1, -0.05) is 72.8 Å². The highest BCUT2D eigenvalue weighted by atomic mass is 15.1. The Morgan fingerprint density at radius 3 is 1.40 bits per heavy atom. The van der Waals surface area contributed by atoms with Crippen molar-refractivity contribution in [3.8, 4) is 51.6 Å². The quantitative estimate of drug-likeness (QED) is 0.184. The maximum atomic E-state index is 9.73. The lowest BCUT2D eigenvalue weighted by molar-refractivity contribution is 1.19. The molecule has 4 N–H and O–H groups in total. The Morgan fingerprint density at radius 2 is 0.907 bits per heavy atom. The van der Waals surface area contributed by atoms with Crippen molar-refractivity contribution in [2.75, 3.05) is 5.73 Å². The molecule has 0 spiro atoms. The third kappa shape index (κ3) is 3.33.